The quantitative estimate of drug-likeness (QED) is 0.660. The summed E-state index contributed by atoms with van der Waals surface area (Å²) in [6.45, 7) is 14.8. The molecule has 2 heteroatoms. The van der Waals surface area contributed by atoms with Gasteiger partial charge in [-0.25, -0.2) is 0 Å². The van der Waals surface area contributed by atoms with E-state index in [9.17, 15) is 0 Å². The lowest BCUT2D eigenvalue weighted by Crippen LogP contribution is -2.30. The third-order valence-electron chi connectivity index (χ3n) is 2.36. The van der Waals surface area contributed by atoms with Crippen molar-refractivity contribution in [3.05, 3.63) is 0 Å². The molecule has 100 valence electrons. The van der Waals surface area contributed by atoms with Crippen molar-refractivity contribution in [2.75, 3.05) is 33.4 Å². The van der Waals surface area contributed by atoms with Gasteiger partial charge in [0.05, 0.1) is 6.61 Å². The number of ether oxygens (including phenoxy) is 1. The highest BCUT2D eigenvalue weighted by atomic mass is 16.5. The number of nitrogens with zero attached hydrogens (tertiary/aromatic N) is 1. The molecule has 0 aromatic rings. The number of rotatable bonds is 7. The van der Waals surface area contributed by atoms with E-state index in [-0.39, 0.29) is 0 Å². The topological polar surface area (TPSA) is 12.5 Å². The minimum atomic E-state index is 0.882. The molecular weight excluding hydrogens is 198 g/mol. The van der Waals surface area contributed by atoms with Crippen LogP contribution in [0, 0.1) is 5.92 Å². The molecule has 0 spiro atoms. The molecule has 0 unspecified atom stereocenters. The highest BCUT2D eigenvalue weighted by Gasteiger charge is 2.23. The lowest BCUT2D eigenvalue weighted by Gasteiger charge is -2.20. The van der Waals surface area contributed by atoms with E-state index in [2.05, 4.69) is 11.8 Å². The maximum atomic E-state index is 5.08. The SMILES string of the molecule is CC.CC.CCCN(CCOC)CC1CC1. The summed E-state index contributed by atoms with van der Waals surface area (Å²) in [5.74, 6) is 1.01. The van der Waals surface area contributed by atoms with Crippen LogP contribution >= 0.6 is 0 Å². The Labute approximate surface area is 103 Å². The Morgan fingerprint density at radius 2 is 1.62 bits per heavy atom. The lowest BCUT2D eigenvalue weighted by atomic mass is 10.3. The molecule has 1 aliphatic rings. The molecular formula is C14H33NO. The highest BCUT2D eigenvalue weighted by molar-refractivity contribution is 4.77. The molecule has 1 rings (SSSR count). The zero-order chi connectivity index (χ0) is 12.8. The summed E-state index contributed by atoms with van der Waals surface area (Å²) in [7, 11) is 1.78. The first-order valence-corrected chi connectivity index (χ1v) is 7.08. The van der Waals surface area contributed by atoms with Crippen LogP contribution in [0.2, 0.25) is 0 Å². The Morgan fingerprint density at radius 1 is 1.06 bits per heavy atom. The number of hydrogen-bond acceptors (Lipinski definition) is 2. The van der Waals surface area contributed by atoms with Crippen LogP contribution in [0.25, 0.3) is 0 Å². The Balaban J connectivity index is 0. The van der Waals surface area contributed by atoms with E-state index in [1.54, 1.807) is 7.11 Å². The molecule has 0 heterocycles. The summed E-state index contributed by atoms with van der Waals surface area (Å²) in [5.41, 5.74) is 0. The van der Waals surface area contributed by atoms with E-state index in [4.69, 9.17) is 4.74 Å². The third kappa shape index (κ3) is 12.0. The van der Waals surface area contributed by atoms with E-state index >= 15 is 0 Å². The van der Waals surface area contributed by atoms with Gasteiger partial charge in [-0.15, -0.1) is 0 Å². The molecule has 0 aromatic heterocycles. The van der Waals surface area contributed by atoms with Crippen molar-refractivity contribution < 1.29 is 4.74 Å². The number of hydrogen-bond donors (Lipinski definition) is 0. The summed E-state index contributed by atoms with van der Waals surface area (Å²) < 4.78 is 5.08. The molecule has 0 aromatic carbocycles. The van der Waals surface area contributed by atoms with Gasteiger partial charge in [-0.1, -0.05) is 34.6 Å². The largest absolute Gasteiger partial charge is 0.383 e. The fourth-order valence-electron chi connectivity index (χ4n) is 1.50. The van der Waals surface area contributed by atoms with Crippen molar-refractivity contribution in [2.24, 2.45) is 5.92 Å². The second-order valence-electron chi connectivity index (χ2n) is 3.74. The van der Waals surface area contributed by atoms with Crippen LogP contribution < -0.4 is 0 Å². The van der Waals surface area contributed by atoms with Crippen LogP contribution in [0.5, 0.6) is 0 Å². The maximum Gasteiger partial charge on any atom is 0.0589 e. The molecule has 0 amide bonds. The van der Waals surface area contributed by atoms with Crippen LogP contribution in [0.1, 0.15) is 53.9 Å². The van der Waals surface area contributed by atoms with Crippen LogP contribution in [0.3, 0.4) is 0 Å². The highest BCUT2D eigenvalue weighted by Crippen LogP contribution is 2.29. The lowest BCUT2D eigenvalue weighted by molar-refractivity contribution is 0.145. The van der Waals surface area contributed by atoms with E-state index in [0.29, 0.717) is 0 Å². The van der Waals surface area contributed by atoms with Gasteiger partial charge in [-0.3, -0.25) is 0 Å². The molecule has 0 radical (unpaired) electrons. The predicted octanol–water partition coefficient (Wildman–Crippen LogP) is 3.81. The molecule has 0 atom stereocenters. The smallest absolute Gasteiger partial charge is 0.0589 e. The predicted molar refractivity (Wildman–Crippen MR) is 74.0 cm³/mol. The normalized spacial score (nSPS) is 13.7. The van der Waals surface area contributed by atoms with Gasteiger partial charge in [0.15, 0.2) is 0 Å². The zero-order valence-corrected chi connectivity index (χ0v) is 12.4. The first kappa shape index (κ1) is 18.3. The van der Waals surface area contributed by atoms with Crippen molar-refractivity contribution in [2.45, 2.75) is 53.9 Å². The van der Waals surface area contributed by atoms with Gasteiger partial charge in [-0.05, 0) is 31.7 Å². The Bertz CT molecular complexity index is 113. The van der Waals surface area contributed by atoms with Crippen LogP contribution in [0.4, 0.5) is 0 Å². The average molecular weight is 231 g/mol. The van der Waals surface area contributed by atoms with Crippen molar-refractivity contribution in [3.63, 3.8) is 0 Å². The molecule has 1 saturated carbocycles. The maximum absolute atomic E-state index is 5.08. The fourth-order valence-corrected chi connectivity index (χ4v) is 1.50. The molecule has 0 aliphatic heterocycles. The molecule has 1 fully saturated rings. The van der Waals surface area contributed by atoms with Gasteiger partial charge in [0.2, 0.25) is 0 Å². The summed E-state index contributed by atoms with van der Waals surface area (Å²) in [6, 6.07) is 0. The first-order valence-electron chi connectivity index (χ1n) is 7.08. The average Bonchev–Trinajstić information content (AvgIpc) is 3.15. The monoisotopic (exact) mass is 231 g/mol. The Kier molecular flexibility index (Phi) is 17.1. The summed E-state index contributed by atoms with van der Waals surface area (Å²) in [5, 5.41) is 0. The molecule has 1 aliphatic carbocycles. The molecule has 0 saturated heterocycles. The molecule has 0 bridgehead atoms. The van der Waals surface area contributed by atoms with Gasteiger partial charge in [0.1, 0.15) is 0 Å². The molecule has 0 N–H and O–H groups in total. The zero-order valence-electron chi connectivity index (χ0n) is 12.4. The van der Waals surface area contributed by atoms with Gasteiger partial charge < -0.3 is 9.64 Å². The second kappa shape index (κ2) is 14.9. The van der Waals surface area contributed by atoms with Crippen LogP contribution in [-0.2, 0) is 4.74 Å². The number of methoxy groups -OCH3 is 1. The third-order valence-corrected chi connectivity index (χ3v) is 2.36. The van der Waals surface area contributed by atoms with Crippen LogP contribution in [-0.4, -0.2) is 38.3 Å². The van der Waals surface area contributed by atoms with Crippen LogP contribution in [0.15, 0.2) is 0 Å². The minimum absolute atomic E-state index is 0.882. The van der Waals surface area contributed by atoms with Crippen molar-refractivity contribution in [1.82, 2.24) is 4.90 Å². The standard InChI is InChI=1S/C10H21NO.2C2H6/c1-3-6-11(7-8-12-2)9-10-4-5-10;2*1-2/h10H,3-9H2,1-2H3;2*1-2H3. The van der Waals surface area contributed by atoms with E-state index in [0.717, 1.165) is 19.1 Å². The van der Waals surface area contributed by atoms with E-state index in [1.165, 1.54) is 32.4 Å². The van der Waals surface area contributed by atoms with E-state index in [1.807, 2.05) is 27.7 Å². The van der Waals surface area contributed by atoms with Gasteiger partial charge >= 0.3 is 0 Å². The van der Waals surface area contributed by atoms with Gasteiger partial charge in [0.25, 0.3) is 0 Å². The first-order chi connectivity index (χ1) is 7.86. The van der Waals surface area contributed by atoms with E-state index < -0.39 is 0 Å². The molecule has 16 heavy (non-hydrogen) atoms. The van der Waals surface area contributed by atoms with Crippen molar-refractivity contribution in [3.8, 4) is 0 Å². The minimum Gasteiger partial charge on any atom is -0.383 e. The summed E-state index contributed by atoms with van der Waals surface area (Å²) >= 11 is 0. The fraction of sp³-hybridized carbons (Fsp3) is 1.00. The summed E-state index contributed by atoms with van der Waals surface area (Å²) in [6.07, 6.45) is 4.16. The van der Waals surface area contributed by atoms with Crippen molar-refractivity contribution in [1.29, 1.82) is 0 Å². The van der Waals surface area contributed by atoms with Gasteiger partial charge in [-0.2, -0.15) is 0 Å². The summed E-state index contributed by atoms with van der Waals surface area (Å²) in [4.78, 5) is 2.53. The second-order valence-corrected chi connectivity index (χ2v) is 3.74. The van der Waals surface area contributed by atoms with Gasteiger partial charge in [0, 0.05) is 20.2 Å². The Hall–Kier alpha value is -0.0800. The molecule has 2 nitrogen and oxygen atoms in total. The van der Waals surface area contributed by atoms with Crippen molar-refractivity contribution >= 4 is 0 Å². The Morgan fingerprint density at radius 3 is 2.00 bits per heavy atom.